The number of hydrogen-bond acceptors (Lipinski definition) is 4. The Hall–Kier alpha value is -0.853. The Morgan fingerprint density at radius 1 is 1.19 bits per heavy atom. The number of cyclic esters (lactones) is 1. The van der Waals surface area contributed by atoms with E-state index in [1.54, 1.807) is 7.11 Å². The first-order valence-corrected chi connectivity index (χ1v) is 15.1. The SMILES string of the molecule is COc1cc(Br)c([C@H]2C[C@@H]3[C@H](CC[C@@H](O[Si](C)(C)C(C)(C)C)C3(C)C)C(=O)O2)cc1C. The van der Waals surface area contributed by atoms with Crippen LogP contribution in [0.3, 0.4) is 0 Å². The Kier molecular flexibility index (Phi) is 6.79. The van der Waals surface area contributed by atoms with Gasteiger partial charge in [0.05, 0.1) is 19.1 Å². The van der Waals surface area contributed by atoms with E-state index in [2.05, 4.69) is 69.7 Å². The smallest absolute Gasteiger partial charge is 0.309 e. The molecule has 1 heterocycles. The Morgan fingerprint density at radius 2 is 1.84 bits per heavy atom. The number of benzene rings is 1. The first kappa shape index (κ1) is 24.8. The molecule has 4 nitrogen and oxygen atoms in total. The summed E-state index contributed by atoms with van der Waals surface area (Å²) < 4.78 is 19.3. The minimum Gasteiger partial charge on any atom is -0.496 e. The van der Waals surface area contributed by atoms with Gasteiger partial charge in [-0.05, 0) is 73.3 Å². The van der Waals surface area contributed by atoms with Gasteiger partial charge in [0.2, 0.25) is 0 Å². The summed E-state index contributed by atoms with van der Waals surface area (Å²) in [6, 6.07) is 4.06. The zero-order chi connectivity index (χ0) is 23.4. The summed E-state index contributed by atoms with van der Waals surface area (Å²) in [6.45, 7) is 18.1. The number of ether oxygens (including phenoxy) is 2. The molecule has 0 N–H and O–H groups in total. The van der Waals surface area contributed by atoms with Gasteiger partial charge in [-0.2, -0.15) is 0 Å². The van der Waals surface area contributed by atoms with E-state index in [9.17, 15) is 4.79 Å². The van der Waals surface area contributed by atoms with Crippen molar-refractivity contribution < 1.29 is 18.7 Å². The van der Waals surface area contributed by atoms with Crippen LogP contribution in [0.4, 0.5) is 0 Å². The topological polar surface area (TPSA) is 44.8 Å². The van der Waals surface area contributed by atoms with E-state index in [0.29, 0.717) is 0 Å². The summed E-state index contributed by atoms with van der Waals surface area (Å²) in [5, 5.41) is 0.166. The zero-order valence-electron chi connectivity index (χ0n) is 20.6. The molecule has 0 spiro atoms. The second kappa shape index (κ2) is 8.49. The number of hydrogen-bond donors (Lipinski definition) is 0. The average Bonchev–Trinajstić information content (AvgIpc) is 2.64. The lowest BCUT2D eigenvalue weighted by Gasteiger charge is -2.54. The molecule has 0 radical (unpaired) electrons. The summed E-state index contributed by atoms with van der Waals surface area (Å²) in [7, 11) is -0.227. The van der Waals surface area contributed by atoms with E-state index in [4.69, 9.17) is 13.9 Å². The van der Waals surface area contributed by atoms with Crippen molar-refractivity contribution in [3.8, 4) is 5.75 Å². The third-order valence-electron chi connectivity index (χ3n) is 8.14. The highest BCUT2D eigenvalue weighted by Crippen LogP contribution is 2.54. The van der Waals surface area contributed by atoms with Crippen LogP contribution in [0.25, 0.3) is 0 Å². The van der Waals surface area contributed by atoms with Gasteiger partial charge in [-0.25, -0.2) is 0 Å². The second-order valence-electron chi connectivity index (χ2n) is 11.5. The van der Waals surface area contributed by atoms with Gasteiger partial charge in [0.25, 0.3) is 0 Å². The lowest BCUT2D eigenvalue weighted by atomic mass is 9.59. The highest BCUT2D eigenvalue weighted by atomic mass is 79.9. The maximum absolute atomic E-state index is 13.1. The molecule has 0 aromatic heterocycles. The first-order chi connectivity index (χ1) is 14.2. The number of carbonyl (C=O) groups excluding carboxylic acids is 1. The van der Waals surface area contributed by atoms with Crippen LogP contribution < -0.4 is 4.74 Å². The third-order valence-corrected chi connectivity index (χ3v) is 13.3. The van der Waals surface area contributed by atoms with Gasteiger partial charge in [-0.1, -0.05) is 50.5 Å². The molecule has 1 aromatic carbocycles. The third kappa shape index (κ3) is 4.63. The van der Waals surface area contributed by atoms with Crippen molar-refractivity contribution in [3.63, 3.8) is 0 Å². The first-order valence-electron chi connectivity index (χ1n) is 11.4. The fraction of sp³-hybridized carbons (Fsp3) is 0.720. The van der Waals surface area contributed by atoms with Gasteiger partial charge >= 0.3 is 5.97 Å². The fourth-order valence-corrected chi connectivity index (χ4v) is 7.07. The Balaban J connectivity index is 1.89. The molecule has 0 amide bonds. The quantitative estimate of drug-likeness (QED) is 0.317. The molecule has 174 valence electrons. The summed E-state index contributed by atoms with van der Waals surface area (Å²) in [6.07, 6.45) is 2.51. The summed E-state index contributed by atoms with van der Waals surface area (Å²) in [4.78, 5) is 13.1. The highest BCUT2D eigenvalue weighted by molar-refractivity contribution is 9.10. The molecule has 1 saturated heterocycles. The molecule has 1 saturated carbocycles. The van der Waals surface area contributed by atoms with Gasteiger partial charge in [-0.3, -0.25) is 4.79 Å². The summed E-state index contributed by atoms with van der Waals surface area (Å²) >= 11 is 3.68. The molecule has 3 rings (SSSR count). The van der Waals surface area contributed by atoms with Crippen LogP contribution >= 0.6 is 15.9 Å². The molecule has 6 heteroatoms. The number of carbonyl (C=O) groups is 1. The van der Waals surface area contributed by atoms with E-state index in [-0.39, 0.29) is 40.5 Å². The number of esters is 1. The van der Waals surface area contributed by atoms with Gasteiger partial charge in [0.15, 0.2) is 8.32 Å². The minimum atomic E-state index is -1.90. The van der Waals surface area contributed by atoms with E-state index in [0.717, 1.165) is 40.6 Å². The number of rotatable bonds is 4. The molecule has 1 aliphatic carbocycles. The highest BCUT2D eigenvalue weighted by Gasteiger charge is 2.54. The largest absolute Gasteiger partial charge is 0.496 e. The number of halogens is 1. The molecule has 2 fully saturated rings. The Bertz CT molecular complexity index is 843. The molecule has 1 aromatic rings. The van der Waals surface area contributed by atoms with Crippen LogP contribution in [0.1, 0.15) is 71.1 Å². The lowest BCUT2D eigenvalue weighted by molar-refractivity contribution is -0.181. The monoisotopic (exact) mass is 510 g/mol. The van der Waals surface area contributed by atoms with Crippen molar-refractivity contribution >= 4 is 30.2 Å². The predicted molar refractivity (Wildman–Crippen MR) is 131 cm³/mol. The maximum Gasteiger partial charge on any atom is 0.309 e. The van der Waals surface area contributed by atoms with Gasteiger partial charge in [0.1, 0.15) is 11.9 Å². The molecule has 4 atom stereocenters. The van der Waals surface area contributed by atoms with Crippen molar-refractivity contribution in [3.05, 3.63) is 27.7 Å². The van der Waals surface area contributed by atoms with Crippen LogP contribution in [0.15, 0.2) is 16.6 Å². The minimum absolute atomic E-state index is 0.0383. The van der Waals surface area contributed by atoms with E-state index >= 15 is 0 Å². The van der Waals surface area contributed by atoms with Crippen molar-refractivity contribution in [2.45, 2.75) is 91.1 Å². The van der Waals surface area contributed by atoms with Crippen LogP contribution in [0.5, 0.6) is 5.75 Å². The zero-order valence-corrected chi connectivity index (χ0v) is 23.2. The Labute approximate surface area is 197 Å². The molecule has 0 bridgehead atoms. The van der Waals surface area contributed by atoms with Gasteiger partial charge in [0, 0.05) is 10.0 Å². The second-order valence-corrected chi connectivity index (χ2v) is 17.1. The van der Waals surface area contributed by atoms with Crippen molar-refractivity contribution in [1.82, 2.24) is 0 Å². The van der Waals surface area contributed by atoms with E-state index < -0.39 is 8.32 Å². The van der Waals surface area contributed by atoms with Gasteiger partial charge < -0.3 is 13.9 Å². The molecule has 1 aliphatic heterocycles. The lowest BCUT2D eigenvalue weighted by Crippen LogP contribution is -2.55. The van der Waals surface area contributed by atoms with Crippen molar-refractivity contribution in [2.24, 2.45) is 17.3 Å². The Morgan fingerprint density at radius 3 is 2.42 bits per heavy atom. The average molecular weight is 512 g/mol. The molecular formula is C25H39BrO4Si. The van der Waals surface area contributed by atoms with Crippen molar-refractivity contribution in [1.29, 1.82) is 0 Å². The summed E-state index contributed by atoms with van der Waals surface area (Å²) in [5.41, 5.74) is 1.97. The predicted octanol–water partition coefficient (Wildman–Crippen LogP) is 7.20. The summed E-state index contributed by atoms with van der Waals surface area (Å²) in [5.74, 6) is 0.970. The van der Waals surface area contributed by atoms with E-state index in [1.165, 1.54) is 0 Å². The maximum atomic E-state index is 13.1. The standard InChI is InChI=1S/C25H39BrO4Si/c1-15-12-17(19(26)14-20(15)28-7)21-13-18-16(23(27)29-21)10-11-22(25(18,5)6)30-31(8,9)24(2,3)4/h12,14,16,18,21-22H,10-11,13H2,1-9H3/t16-,18+,21+,22+/m0/s1. The normalized spacial score (nSPS) is 28.6. The number of aryl methyl sites for hydroxylation is 1. The number of methoxy groups -OCH3 is 1. The number of fused-ring (bicyclic) bond motifs is 1. The van der Waals surface area contributed by atoms with Crippen LogP contribution in [-0.4, -0.2) is 27.5 Å². The molecule has 31 heavy (non-hydrogen) atoms. The van der Waals surface area contributed by atoms with Crippen LogP contribution in [0, 0.1) is 24.2 Å². The fourth-order valence-electron chi connectivity index (χ4n) is 5.00. The van der Waals surface area contributed by atoms with Crippen LogP contribution in [0.2, 0.25) is 18.1 Å². The van der Waals surface area contributed by atoms with Crippen molar-refractivity contribution in [2.75, 3.05) is 7.11 Å². The van der Waals surface area contributed by atoms with E-state index in [1.807, 2.05) is 13.0 Å². The molecule has 0 unspecified atom stereocenters. The van der Waals surface area contributed by atoms with Gasteiger partial charge in [-0.15, -0.1) is 0 Å². The van der Waals surface area contributed by atoms with Crippen LogP contribution in [-0.2, 0) is 14.0 Å². The molecule has 2 aliphatic rings. The molecular weight excluding hydrogens is 472 g/mol.